The Labute approximate surface area is 110 Å². The third-order valence-corrected chi connectivity index (χ3v) is 2.94. The Balaban J connectivity index is 2.87. The lowest BCUT2D eigenvalue weighted by Crippen LogP contribution is -2.16. The van der Waals surface area contributed by atoms with E-state index in [4.69, 9.17) is 15.2 Å². The van der Waals surface area contributed by atoms with Crippen LogP contribution in [0.1, 0.15) is 36.7 Å². The number of rotatable bonds is 5. The maximum absolute atomic E-state index is 11.8. The number of ether oxygens (including phenoxy) is 2. The fourth-order valence-electron chi connectivity index (χ4n) is 1.41. The third kappa shape index (κ3) is 3.73. The number of hydrogen-bond acceptors (Lipinski definition) is 6. The number of esters is 2. The summed E-state index contributed by atoms with van der Waals surface area (Å²) in [6, 6.07) is 0. The average molecular weight is 271 g/mol. The van der Waals surface area contributed by atoms with E-state index in [2.05, 4.69) is 0 Å². The maximum Gasteiger partial charge on any atom is 0.341 e. The molecule has 0 aliphatic carbocycles. The fraction of sp³-hybridized carbons (Fsp3) is 0.500. The van der Waals surface area contributed by atoms with Crippen molar-refractivity contribution in [3.8, 4) is 0 Å². The fourth-order valence-corrected chi connectivity index (χ4v) is 2.22. The van der Waals surface area contributed by atoms with Crippen molar-refractivity contribution in [1.82, 2.24) is 0 Å². The largest absolute Gasteiger partial charge is 0.466 e. The molecule has 0 atom stereocenters. The van der Waals surface area contributed by atoms with Crippen molar-refractivity contribution >= 4 is 28.3 Å². The topological polar surface area (TPSA) is 78.6 Å². The second kappa shape index (κ2) is 6.39. The van der Waals surface area contributed by atoms with Crippen LogP contribution in [0, 0.1) is 0 Å². The first-order valence-corrected chi connectivity index (χ1v) is 6.56. The Bertz CT molecular complexity index is 439. The predicted molar refractivity (Wildman–Crippen MR) is 69.6 cm³/mol. The van der Waals surface area contributed by atoms with Gasteiger partial charge in [-0.05, 0) is 31.7 Å². The summed E-state index contributed by atoms with van der Waals surface area (Å²) < 4.78 is 9.94. The van der Waals surface area contributed by atoms with Gasteiger partial charge in [-0.3, -0.25) is 4.79 Å². The van der Waals surface area contributed by atoms with Gasteiger partial charge in [0, 0.05) is 0 Å². The van der Waals surface area contributed by atoms with Gasteiger partial charge in [0.15, 0.2) is 0 Å². The Morgan fingerprint density at radius 1 is 1.44 bits per heavy atom. The molecule has 0 aliphatic rings. The summed E-state index contributed by atoms with van der Waals surface area (Å²) in [5.41, 5.74) is 6.57. The molecule has 0 amide bonds. The van der Waals surface area contributed by atoms with E-state index in [1.165, 1.54) is 11.3 Å². The summed E-state index contributed by atoms with van der Waals surface area (Å²) >= 11 is 1.22. The number of carbonyl (C=O) groups is 2. The van der Waals surface area contributed by atoms with Crippen LogP contribution in [0.2, 0.25) is 0 Å². The first-order chi connectivity index (χ1) is 8.45. The minimum atomic E-state index is -0.497. The Morgan fingerprint density at radius 2 is 2.11 bits per heavy atom. The minimum Gasteiger partial charge on any atom is -0.466 e. The van der Waals surface area contributed by atoms with Gasteiger partial charge in [0.2, 0.25) is 0 Å². The van der Waals surface area contributed by atoms with Crippen molar-refractivity contribution < 1.29 is 19.1 Å². The highest BCUT2D eigenvalue weighted by Gasteiger charge is 2.21. The molecule has 2 N–H and O–H groups in total. The molecule has 0 aliphatic heterocycles. The number of thiophene rings is 1. The SMILES string of the molecule is CCOC(=O)Cc1csc(N)c1C(=O)OC(C)C. The molecule has 5 nitrogen and oxygen atoms in total. The van der Waals surface area contributed by atoms with Crippen molar-refractivity contribution in [2.45, 2.75) is 33.3 Å². The molecular weight excluding hydrogens is 254 g/mol. The van der Waals surface area contributed by atoms with Gasteiger partial charge in [0.25, 0.3) is 0 Å². The van der Waals surface area contributed by atoms with E-state index in [1.807, 2.05) is 0 Å². The van der Waals surface area contributed by atoms with E-state index < -0.39 is 5.97 Å². The zero-order valence-corrected chi connectivity index (χ0v) is 11.5. The van der Waals surface area contributed by atoms with Crippen LogP contribution >= 0.6 is 11.3 Å². The molecule has 0 saturated heterocycles. The van der Waals surface area contributed by atoms with Crippen LogP contribution < -0.4 is 5.73 Å². The molecule has 0 unspecified atom stereocenters. The zero-order valence-electron chi connectivity index (χ0n) is 10.7. The van der Waals surface area contributed by atoms with E-state index in [1.54, 1.807) is 26.2 Å². The van der Waals surface area contributed by atoms with E-state index in [-0.39, 0.29) is 24.1 Å². The number of hydrogen-bond donors (Lipinski definition) is 1. The van der Waals surface area contributed by atoms with Gasteiger partial charge in [-0.25, -0.2) is 4.79 Å². The van der Waals surface area contributed by atoms with Crippen LogP contribution in [0.25, 0.3) is 0 Å². The number of nitrogen functional groups attached to an aromatic ring is 1. The van der Waals surface area contributed by atoms with Crippen LogP contribution in [0.15, 0.2) is 5.38 Å². The van der Waals surface area contributed by atoms with E-state index >= 15 is 0 Å². The highest BCUT2D eigenvalue weighted by Crippen LogP contribution is 2.27. The maximum atomic E-state index is 11.8. The molecule has 100 valence electrons. The first kappa shape index (κ1) is 14.5. The molecule has 0 saturated carbocycles. The molecule has 0 spiro atoms. The monoisotopic (exact) mass is 271 g/mol. The van der Waals surface area contributed by atoms with Gasteiger partial charge in [-0.1, -0.05) is 0 Å². The molecule has 0 fully saturated rings. The van der Waals surface area contributed by atoms with Crippen molar-refractivity contribution in [3.63, 3.8) is 0 Å². The summed E-state index contributed by atoms with van der Waals surface area (Å²) in [5, 5.41) is 2.04. The van der Waals surface area contributed by atoms with E-state index in [0.29, 0.717) is 17.2 Å². The lowest BCUT2D eigenvalue weighted by atomic mass is 10.1. The molecule has 1 aromatic rings. The second-order valence-electron chi connectivity index (χ2n) is 3.94. The van der Waals surface area contributed by atoms with Crippen LogP contribution in [-0.2, 0) is 20.7 Å². The predicted octanol–water partition coefficient (Wildman–Crippen LogP) is 2.00. The van der Waals surface area contributed by atoms with Crippen LogP contribution in [0.4, 0.5) is 5.00 Å². The molecular formula is C12H17NO4S. The third-order valence-electron chi connectivity index (χ3n) is 2.08. The quantitative estimate of drug-likeness (QED) is 0.829. The molecule has 6 heteroatoms. The molecule has 0 aromatic carbocycles. The average Bonchev–Trinajstić information content (AvgIpc) is 2.59. The highest BCUT2D eigenvalue weighted by atomic mass is 32.1. The normalized spacial score (nSPS) is 10.4. The van der Waals surface area contributed by atoms with E-state index in [9.17, 15) is 9.59 Å². The first-order valence-electron chi connectivity index (χ1n) is 5.68. The van der Waals surface area contributed by atoms with E-state index in [0.717, 1.165) is 0 Å². The highest BCUT2D eigenvalue weighted by molar-refractivity contribution is 7.14. The lowest BCUT2D eigenvalue weighted by Gasteiger charge is -2.09. The summed E-state index contributed by atoms with van der Waals surface area (Å²) in [6.45, 7) is 5.55. The number of anilines is 1. The standard InChI is InChI=1S/C12H17NO4S/c1-4-16-9(14)5-8-6-18-11(13)10(8)12(15)17-7(2)3/h6-7H,4-5,13H2,1-3H3. The Morgan fingerprint density at radius 3 is 2.67 bits per heavy atom. The Kier molecular flexibility index (Phi) is 5.15. The van der Waals surface area contributed by atoms with Gasteiger partial charge in [0.1, 0.15) is 5.00 Å². The molecule has 1 rings (SSSR count). The van der Waals surface area contributed by atoms with Gasteiger partial charge >= 0.3 is 11.9 Å². The van der Waals surface area contributed by atoms with Crippen LogP contribution in [0.3, 0.4) is 0 Å². The minimum absolute atomic E-state index is 0.0318. The van der Waals surface area contributed by atoms with Gasteiger partial charge in [-0.15, -0.1) is 11.3 Å². The summed E-state index contributed by atoms with van der Waals surface area (Å²) in [4.78, 5) is 23.3. The van der Waals surface area contributed by atoms with Crippen LogP contribution in [0.5, 0.6) is 0 Å². The van der Waals surface area contributed by atoms with Crippen molar-refractivity contribution in [2.24, 2.45) is 0 Å². The smallest absolute Gasteiger partial charge is 0.341 e. The molecule has 0 bridgehead atoms. The Hall–Kier alpha value is -1.56. The van der Waals surface area contributed by atoms with Gasteiger partial charge < -0.3 is 15.2 Å². The number of carbonyl (C=O) groups excluding carboxylic acids is 2. The molecule has 0 radical (unpaired) electrons. The summed E-state index contributed by atoms with van der Waals surface area (Å²) in [7, 11) is 0. The second-order valence-corrected chi connectivity index (χ2v) is 4.85. The van der Waals surface area contributed by atoms with Crippen molar-refractivity contribution in [1.29, 1.82) is 0 Å². The molecule has 1 heterocycles. The van der Waals surface area contributed by atoms with Gasteiger partial charge in [0.05, 0.1) is 24.7 Å². The molecule has 1 aromatic heterocycles. The number of nitrogens with two attached hydrogens (primary N) is 1. The van der Waals surface area contributed by atoms with Gasteiger partial charge in [-0.2, -0.15) is 0 Å². The zero-order chi connectivity index (χ0) is 13.7. The summed E-state index contributed by atoms with van der Waals surface area (Å²) in [5.74, 6) is -0.878. The molecule has 18 heavy (non-hydrogen) atoms. The van der Waals surface area contributed by atoms with Crippen molar-refractivity contribution in [2.75, 3.05) is 12.3 Å². The lowest BCUT2D eigenvalue weighted by molar-refractivity contribution is -0.142. The van der Waals surface area contributed by atoms with Crippen molar-refractivity contribution in [3.05, 3.63) is 16.5 Å². The summed E-state index contributed by atoms with van der Waals surface area (Å²) in [6.07, 6.45) is -0.198. The van der Waals surface area contributed by atoms with Crippen LogP contribution in [-0.4, -0.2) is 24.6 Å².